The lowest BCUT2D eigenvalue weighted by Crippen LogP contribution is -2.31. The van der Waals surface area contributed by atoms with E-state index in [1.54, 1.807) is 24.4 Å². The molecule has 16 heavy (non-hydrogen) atoms. The third kappa shape index (κ3) is 3.46. The van der Waals surface area contributed by atoms with Gasteiger partial charge in [-0.05, 0) is 32.9 Å². The second kappa shape index (κ2) is 4.88. The lowest BCUT2D eigenvalue weighted by molar-refractivity contribution is 0.373. The zero-order valence-corrected chi connectivity index (χ0v) is 10.1. The van der Waals surface area contributed by atoms with E-state index >= 15 is 0 Å². The van der Waals surface area contributed by atoms with Crippen molar-refractivity contribution in [2.45, 2.75) is 26.3 Å². The smallest absolute Gasteiger partial charge is 0.166 e. The maximum absolute atomic E-state index is 9.77. The van der Waals surface area contributed by atoms with Gasteiger partial charge in [0.25, 0.3) is 0 Å². The van der Waals surface area contributed by atoms with Crippen LogP contribution in [0.4, 0.5) is 0 Å². The van der Waals surface area contributed by atoms with Crippen molar-refractivity contribution in [3.8, 4) is 11.5 Å². The van der Waals surface area contributed by atoms with Crippen LogP contribution in [0.15, 0.2) is 23.3 Å². The number of hydrazone groups is 1. The molecule has 0 saturated heterocycles. The van der Waals surface area contributed by atoms with E-state index in [1.807, 2.05) is 20.8 Å². The first-order valence-electron chi connectivity index (χ1n) is 5.10. The molecule has 1 rings (SSSR count). The molecular weight excluding hydrogens is 204 g/mol. The molecule has 0 amide bonds. The molecule has 0 aromatic heterocycles. The SMILES string of the molecule is COc1cccc(C=NNC(C)(C)C)c1O. The average molecular weight is 222 g/mol. The summed E-state index contributed by atoms with van der Waals surface area (Å²) in [5.74, 6) is 0.546. The Labute approximate surface area is 95.9 Å². The van der Waals surface area contributed by atoms with Crippen molar-refractivity contribution in [1.82, 2.24) is 5.43 Å². The summed E-state index contributed by atoms with van der Waals surface area (Å²) in [6.45, 7) is 6.03. The van der Waals surface area contributed by atoms with E-state index in [0.717, 1.165) is 0 Å². The number of phenols is 1. The van der Waals surface area contributed by atoms with Crippen LogP contribution in [-0.4, -0.2) is 24.0 Å². The van der Waals surface area contributed by atoms with Crippen molar-refractivity contribution < 1.29 is 9.84 Å². The second-order valence-electron chi connectivity index (χ2n) is 4.52. The molecule has 0 unspecified atom stereocenters. The molecule has 1 aromatic carbocycles. The van der Waals surface area contributed by atoms with Crippen LogP contribution < -0.4 is 10.2 Å². The van der Waals surface area contributed by atoms with E-state index in [1.165, 1.54) is 7.11 Å². The van der Waals surface area contributed by atoms with E-state index in [2.05, 4.69) is 10.5 Å². The number of hydrogen-bond acceptors (Lipinski definition) is 4. The molecule has 0 heterocycles. The molecule has 0 fully saturated rings. The van der Waals surface area contributed by atoms with E-state index in [4.69, 9.17) is 4.74 Å². The van der Waals surface area contributed by atoms with Crippen molar-refractivity contribution >= 4 is 6.21 Å². The maximum Gasteiger partial charge on any atom is 0.166 e. The number of methoxy groups -OCH3 is 1. The molecule has 0 radical (unpaired) electrons. The zero-order chi connectivity index (χ0) is 12.2. The summed E-state index contributed by atoms with van der Waals surface area (Å²) >= 11 is 0. The van der Waals surface area contributed by atoms with Gasteiger partial charge in [-0.1, -0.05) is 6.07 Å². The molecule has 4 nitrogen and oxygen atoms in total. The van der Waals surface area contributed by atoms with Gasteiger partial charge in [-0.15, -0.1) is 0 Å². The Morgan fingerprint density at radius 2 is 2.06 bits per heavy atom. The van der Waals surface area contributed by atoms with Crippen LogP contribution >= 0.6 is 0 Å². The number of ether oxygens (including phenoxy) is 1. The Bertz CT molecular complexity index is 381. The van der Waals surface area contributed by atoms with Gasteiger partial charge in [0, 0.05) is 11.1 Å². The molecule has 0 saturated carbocycles. The molecule has 4 heteroatoms. The molecule has 1 aromatic rings. The Morgan fingerprint density at radius 3 is 2.62 bits per heavy atom. The van der Waals surface area contributed by atoms with Gasteiger partial charge in [0.2, 0.25) is 0 Å². The number of hydrogen-bond donors (Lipinski definition) is 2. The van der Waals surface area contributed by atoms with Gasteiger partial charge in [0.05, 0.1) is 13.3 Å². The number of rotatable bonds is 3. The summed E-state index contributed by atoms with van der Waals surface area (Å²) in [6.07, 6.45) is 1.57. The fraction of sp³-hybridized carbons (Fsp3) is 0.417. The molecule has 0 aliphatic rings. The fourth-order valence-corrected chi connectivity index (χ4v) is 1.10. The van der Waals surface area contributed by atoms with Crippen LogP contribution in [0.2, 0.25) is 0 Å². The van der Waals surface area contributed by atoms with Crippen LogP contribution in [-0.2, 0) is 0 Å². The molecule has 0 bridgehead atoms. The minimum Gasteiger partial charge on any atom is -0.504 e. The second-order valence-corrected chi connectivity index (χ2v) is 4.52. The highest BCUT2D eigenvalue weighted by Crippen LogP contribution is 2.27. The van der Waals surface area contributed by atoms with Crippen LogP contribution in [0.25, 0.3) is 0 Å². The van der Waals surface area contributed by atoms with Gasteiger partial charge >= 0.3 is 0 Å². The van der Waals surface area contributed by atoms with E-state index in [0.29, 0.717) is 11.3 Å². The molecule has 0 atom stereocenters. The number of nitrogens with one attached hydrogen (secondary N) is 1. The average Bonchev–Trinajstić information content (AvgIpc) is 2.19. The van der Waals surface area contributed by atoms with Gasteiger partial charge in [0.15, 0.2) is 11.5 Å². The van der Waals surface area contributed by atoms with Crippen LogP contribution in [0.3, 0.4) is 0 Å². The summed E-state index contributed by atoms with van der Waals surface area (Å²) in [7, 11) is 1.52. The van der Waals surface area contributed by atoms with Gasteiger partial charge < -0.3 is 15.3 Å². The molecule has 88 valence electrons. The van der Waals surface area contributed by atoms with Gasteiger partial charge in [0.1, 0.15) is 0 Å². The molecule has 0 spiro atoms. The number of aromatic hydroxyl groups is 1. The third-order valence-electron chi connectivity index (χ3n) is 1.85. The van der Waals surface area contributed by atoms with E-state index in [-0.39, 0.29) is 11.3 Å². The number of phenolic OH excluding ortho intramolecular Hbond substituents is 1. The van der Waals surface area contributed by atoms with Gasteiger partial charge in [-0.25, -0.2) is 0 Å². The number of benzene rings is 1. The van der Waals surface area contributed by atoms with E-state index in [9.17, 15) is 5.11 Å². The predicted molar refractivity (Wildman–Crippen MR) is 65.1 cm³/mol. The topological polar surface area (TPSA) is 53.8 Å². The van der Waals surface area contributed by atoms with Crippen molar-refractivity contribution in [3.05, 3.63) is 23.8 Å². The first-order valence-corrected chi connectivity index (χ1v) is 5.10. The summed E-state index contributed by atoms with van der Waals surface area (Å²) in [5, 5.41) is 13.8. The first kappa shape index (κ1) is 12.4. The molecule has 0 aliphatic heterocycles. The quantitative estimate of drug-likeness (QED) is 0.608. The molecule has 0 aliphatic carbocycles. The highest BCUT2D eigenvalue weighted by atomic mass is 16.5. The summed E-state index contributed by atoms with van der Waals surface area (Å²) in [4.78, 5) is 0. The summed E-state index contributed by atoms with van der Waals surface area (Å²) < 4.78 is 5.00. The van der Waals surface area contributed by atoms with Crippen LogP contribution in [0.1, 0.15) is 26.3 Å². The zero-order valence-electron chi connectivity index (χ0n) is 10.1. The first-order chi connectivity index (χ1) is 7.44. The standard InChI is InChI=1S/C12H18N2O2/c1-12(2,3)14-13-8-9-6-5-7-10(16-4)11(9)15/h5-8,14-15H,1-4H3. The predicted octanol–water partition coefficient (Wildman–Crippen LogP) is 2.12. The number of nitrogens with zero attached hydrogens (tertiary/aromatic N) is 1. The lowest BCUT2D eigenvalue weighted by atomic mass is 10.1. The largest absolute Gasteiger partial charge is 0.504 e. The lowest BCUT2D eigenvalue weighted by Gasteiger charge is -2.17. The summed E-state index contributed by atoms with van der Waals surface area (Å²) in [5.41, 5.74) is 3.48. The monoisotopic (exact) mass is 222 g/mol. The fourth-order valence-electron chi connectivity index (χ4n) is 1.10. The normalized spacial score (nSPS) is 11.8. The Kier molecular flexibility index (Phi) is 3.77. The van der Waals surface area contributed by atoms with Crippen LogP contribution in [0.5, 0.6) is 11.5 Å². The highest BCUT2D eigenvalue weighted by molar-refractivity contribution is 5.84. The van der Waals surface area contributed by atoms with Crippen molar-refractivity contribution in [1.29, 1.82) is 0 Å². The Hall–Kier alpha value is -1.71. The molecular formula is C12H18N2O2. The number of para-hydroxylation sites is 1. The van der Waals surface area contributed by atoms with Crippen molar-refractivity contribution in [2.75, 3.05) is 7.11 Å². The van der Waals surface area contributed by atoms with Crippen LogP contribution in [0, 0.1) is 0 Å². The van der Waals surface area contributed by atoms with Crippen molar-refractivity contribution in [2.24, 2.45) is 5.10 Å². The van der Waals surface area contributed by atoms with E-state index < -0.39 is 0 Å². The Balaban J connectivity index is 2.82. The van der Waals surface area contributed by atoms with Gasteiger partial charge in [-0.2, -0.15) is 5.10 Å². The van der Waals surface area contributed by atoms with Crippen molar-refractivity contribution in [3.63, 3.8) is 0 Å². The summed E-state index contributed by atoms with van der Waals surface area (Å²) in [6, 6.07) is 5.27. The Morgan fingerprint density at radius 1 is 1.38 bits per heavy atom. The minimum atomic E-state index is -0.0923. The third-order valence-corrected chi connectivity index (χ3v) is 1.85. The van der Waals surface area contributed by atoms with Gasteiger partial charge in [-0.3, -0.25) is 0 Å². The highest BCUT2D eigenvalue weighted by Gasteiger charge is 2.07. The maximum atomic E-state index is 9.77. The minimum absolute atomic E-state index is 0.0923. The molecule has 2 N–H and O–H groups in total.